The highest BCUT2D eigenvalue weighted by Crippen LogP contribution is 2.35. The first kappa shape index (κ1) is 22.1. The van der Waals surface area contributed by atoms with E-state index in [2.05, 4.69) is 47.3 Å². The maximum atomic E-state index is 11.7. The highest BCUT2D eigenvalue weighted by atomic mass is 16.1. The van der Waals surface area contributed by atoms with Crippen molar-refractivity contribution in [3.8, 4) is 0 Å². The number of pyridine rings is 1. The molecule has 6 heterocycles. The molecule has 6 rings (SSSR count). The van der Waals surface area contributed by atoms with Crippen molar-refractivity contribution >= 4 is 34.9 Å². The van der Waals surface area contributed by atoms with Crippen molar-refractivity contribution in [3.63, 3.8) is 0 Å². The molecule has 3 aliphatic rings. The predicted octanol–water partition coefficient (Wildman–Crippen LogP) is 2.39. The van der Waals surface area contributed by atoms with E-state index in [1.54, 1.807) is 0 Å². The van der Waals surface area contributed by atoms with E-state index in [4.69, 9.17) is 4.98 Å². The van der Waals surface area contributed by atoms with Crippen molar-refractivity contribution in [1.29, 1.82) is 0 Å². The van der Waals surface area contributed by atoms with E-state index < -0.39 is 0 Å². The number of nitrogens with one attached hydrogen (secondary N) is 2. The van der Waals surface area contributed by atoms with E-state index >= 15 is 0 Å². The second-order valence-electron chi connectivity index (χ2n) is 9.63. The first-order valence-corrected chi connectivity index (χ1v) is 12.8. The van der Waals surface area contributed by atoms with Gasteiger partial charge >= 0.3 is 0 Å². The predicted molar refractivity (Wildman–Crippen MR) is 137 cm³/mol. The average Bonchev–Trinajstić information content (AvgIpc) is 3.54. The Kier molecular flexibility index (Phi) is 6.12. The second kappa shape index (κ2) is 9.69. The van der Waals surface area contributed by atoms with E-state index in [9.17, 15) is 4.79 Å². The zero-order valence-corrected chi connectivity index (χ0v) is 20.1. The summed E-state index contributed by atoms with van der Waals surface area (Å²) >= 11 is 0. The van der Waals surface area contributed by atoms with Crippen LogP contribution in [0.15, 0.2) is 30.6 Å². The van der Waals surface area contributed by atoms with Crippen LogP contribution in [-0.2, 0) is 4.79 Å². The summed E-state index contributed by atoms with van der Waals surface area (Å²) in [6, 6.07) is 6.34. The van der Waals surface area contributed by atoms with Crippen LogP contribution in [0, 0.1) is 0 Å². The van der Waals surface area contributed by atoms with E-state index in [1.165, 1.54) is 19.3 Å². The third-order valence-electron chi connectivity index (χ3n) is 7.40. The molecule has 1 unspecified atom stereocenters. The van der Waals surface area contributed by atoms with Gasteiger partial charge in [0, 0.05) is 57.4 Å². The van der Waals surface area contributed by atoms with Gasteiger partial charge in [0.25, 0.3) is 0 Å². The molecule has 3 aromatic rings. The number of hydrogen-bond donors (Lipinski definition) is 2. The van der Waals surface area contributed by atoms with Gasteiger partial charge in [-0.2, -0.15) is 4.98 Å². The molecule has 3 fully saturated rings. The van der Waals surface area contributed by atoms with Crippen molar-refractivity contribution in [3.05, 3.63) is 36.3 Å². The van der Waals surface area contributed by atoms with Gasteiger partial charge in [-0.05, 0) is 50.3 Å². The van der Waals surface area contributed by atoms with Gasteiger partial charge in [-0.1, -0.05) is 0 Å². The molecule has 1 amide bonds. The topological polar surface area (TPSA) is 94.5 Å². The number of hydrogen-bond acceptors (Lipinski definition) is 8. The summed E-state index contributed by atoms with van der Waals surface area (Å²) in [5.41, 5.74) is 3.15. The van der Waals surface area contributed by atoms with Gasteiger partial charge in [-0.25, -0.2) is 14.6 Å². The lowest BCUT2D eigenvalue weighted by molar-refractivity contribution is -0.119. The fourth-order valence-electron chi connectivity index (χ4n) is 5.59. The van der Waals surface area contributed by atoms with Crippen LogP contribution in [0.3, 0.4) is 0 Å². The molecule has 2 N–H and O–H groups in total. The Morgan fingerprint density at radius 3 is 2.60 bits per heavy atom. The third kappa shape index (κ3) is 4.38. The molecule has 184 valence electrons. The minimum Gasteiger partial charge on any atom is -0.368 e. The molecule has 35 heavy (non-hydrogen) atoms. The van der Waals surface area contributed by atoms with Crippen LogP contribution in [0.4, 0.5) is 17.5 Å². The van der Waals surface area contributed by atoms with Crippen LogP contribution in [-0.4, -0.2) is 76.8 Å². The minimum atomic E-state index is 0.0826. The third-order valence-corrected chi connectivity index (χ3v) is 7.40. The van der Waals surface area contributed by atoms with Crippen molar-refractivity contribution in [2.24, 2.45) is 0 Å². The van der Waals surface area contributed by atoms with Gasteiger partial charge in [0.05, 0.1) is 23.6 Å². The normalized spacial score (nSPS) is 21.0. The molecule has 0 aliphatic carbocycles. The lowest BCUT2D eigenvalue weighted by Gasteiger charge is -2.33. The molecule has 0 radical (unpaired) electrons. The van der Waals surface area contributed by atoms with Crippen LogP contribution in [0.25, 0.3) is 11.0 Å². The zero-order valence-electron chi connectivity index (χ0n) is 20.1. The van der Waals surface area contributed by atoms with Crippen molar-refractivity contribution in [2.75, 3.05) is 61.0 Å². The number of carbonyl (C=O) groups is 1. The number of carbonyl (C=O) groups excluding carboxylic acids is 1. The van der Waals surface area contributed by atoms with E-state index in [1.807, 2.05) is 23.4 Å². The van der Waals surface area contributed by atoms with Crippen LogP contribution in [0.2, 0.25) is 0 Å². The molecule has 10 nitrogen and oxygen atoms in total. The van der Waals surface area contributed by atoms with E-state index in [0.717, 1.165) is 93.3 Å². The Morgan fingerprint density at radius 1 is 0.971 bits per heavy atom. The van der Waals surface area contributed by atoms with E-state index in [0.29, 0.717) is 5.95 Å². The van der Waals surface area contributed by atoms with E-state index in [-0.39, 0.29) is 6.04 Å². The maximum absolute atomic E-state index is 11.7. The maximum Gasteiger partial charge on any atom is 0.230 e. The number of aromatic nitrogens is 4. The summed E-state index contributed by atoms with van der Waals surface area (Å²) in [6.07, 6.45) is 10.4. The molecule has 3 saturated heterocycles. The summed E-state index contributed by atoms with van der Waals surface area (Å²) < 4.78 is 2.26. The van der Waals surface area contributed by atoms with Crippen molar-refractivity contribution < 1.29 is 4.79 Å². The molecule has 3 aliphatic heterocycles. The highest BCUT2D eigenvalue weighted by molar-refractivity contribution is 5.79. The van der Waals surface area contributed by atoms with Crippen molar-refractivity contribution in [2.45, 2.75) is 38.1 Å². The van der Waals surface area contributed by atoms with Gasteiger partial charge in [0.15, 0.2) is 5.65 Å². The summed E-state index contributed by atoms with van der Waals surface area (Å²) in [7, 11) is 0. The number of rotatable bonds is 6. The van der Waals surface area contributed by atoms with Crippen LogP contribution < -0.4 is 20.5 Å². The fraction of sp³-hybridized carbons (Fsp3) is 0.520. The molecule has 10 heteroatoms. The molecule has 0 aromatic carbocycles. The molecular weight excluding hydrogens is 442 g/mol. The van der Waals surface area contributed by atoms with Gasteiger partial charge in [-0.3, -0.25) is 4.79 Å². The lowest BCUT2D eigenvalue weighted by atomic mass is 10.1. The Balaban J connectivity index is 1.31. The Bertz CT molecular complexity index is 1170. The first-order chi connectivity index (χ1) is 17.3. The zero-order chi connectivity index (χ0) is 23.6. The second-order valence-corrected chi connectivity index (χ2v) is 9.63. The summed E-state index contributed by atoms with van der Waals surface area (Å²) in [5, 5.41) is 10.1. The van der Waals surface area contributed by atoms with Crippen molar-refractivity contribution in [1.82, 2.24) is 29.8 Å². The average molecular weight is 476 g/mol. The monoisotopic (exact) mass is 475 g/mol. The minimum absolute atomic E-state index is 0.0826. The van der Waals surface area contributed by atoms with Gasteiger partial charge < -0.3 is 25.4 Å². The molecular formula is C25H33N9O. The SMILES string of the molecule is O=CN1CCCC1c1cc2cnc(Nc3ccc(N4CCNCC4)cn3)nc2n1N1CCCCC1. The quantitative estimate of drug-likeness (QED) is 0.525. The van der Waals surface area contributed by atoms with Gasteiger partial charge in [0.2, 0.25) is 12.4 Å². The highest BCUT2D eigenvalue weighted by Gasteiger charge is 2.31. The number of piperazine rings is 1. The Labute approximate surface area is 205 Å². The van der Waals surface area contributed by atoms with Crippen LogP contribution >= 0.6 is 0 Å². The number of amides is 1. The molecule has 0 saturated carbocycles. The Morgan fingerprint density at radius 2 is 1.83 bits per heavy atom. The molecule has 3 aromatic heterocycles. The lowest BCUT2D eigenvalue weighted by Crippen LogP contribution is -2.43. The van der Waals surface area contributed by atoms with Gasteiger partial charge in [-0.15, -0.1) is 0 Å². The number of nitrogens with zero attached hydrogens (tertiary/aromatic N) is 7. The number of anilines is 3. The molecule has 0 bridgehead atoms. The summed E-state index contributed by atoms with van der Waals surface area (Å²) in [5.74, 6) is 1.25. The number of piperidine rings is 1. The van der Waals surface area contributed by atoms with Gasteiger partial charge in [0.1, 0.15) is 5.82 Å². The number of fused-ring (bicyclic) bond motifs is 1. The largest absolute Gasteiger partial charge is 0.368 e. The standard InChI is InChI=1S/C25H33N9O/c35-18-32-10-4-5-21(32)22-15-19-16-28-25(30-24(19)34(22)33-11-2-1-3-12-33)29-23-7-6-20(17-27-23)31-13-8-26-9-14-31/h6-7,15-18,21,26H,1-5,8-14H2,(H,27,28,29,30). The Hall–Kier alpha value is -3.40. The van der Waals surface area contributed by atoms with Crippen LogP contribution in [0.1, 0.15) is 43.8 Å². The fourth-order valence-corrected chi connectivity index (χ4v) is 5.59. The summed E-state index contributed by atoms with van der Waals surface area (Å²) in [4.78, 5) is 30.1. The molecule has 1 atom stereocenters. The first-order valence-electron chi connectivity index (χ1n) is 12.8. The molecule has 0 spiro atoms. The van der Waals surface area contributed by atoms with Crippen LogP contribution in [0.5, 0.6) is 0 Å². The summed E-state index contributed by atoms with van der Waals surface area (Å²) in [6.45, 7) is 6.78. The number of likely N-dealkylation sites (tertiary alicyclic amines) is 1. The smallest absolute Gasteiger partial charge is 0.230 e.